The smallest absolute Gasteiger partial charge is 0.410 e. The van der Waals surface area contributed by atoms with Crippen molar-refractivity contribution in [2.75, 3.05) is 62.2 Å². The average Bonchev–Trinajstić information content (AvgIpc) is 3.68. The molecule has 2 aromatic heterocycles. The zero-order valence-electron chi connectivity index (χ0n) is 28.8. The van der Waals surface area contributed by atoms with Crippen molar-refractivity contribution < 1.29 is 19.1 Å². The summed E-state index contributed by atoms with van der Waals surface area (Å²) in [4.78, 5) is 40.2. The fraction of sp³-hybridized carbons (Fsp3) is 0.514. The van der Waals surface area contributed by atoms with E-state index in [1.165, 1.54) is 15.3 Å². The Bertz CT molecular complexity index is 1710. The Morgan fingerprint density at radius 3 is 2.09 bits per heavy atom. The molecule has 0 N–H and O–H groups in total. The third-order valence-corrected chi connectivity index (χ3v) is 9.99. The van der Waals surface area contributed by atoms with Crippen molar-refractivity contribution in [3.63, 3.8) is 0 Å². The van der Waals surface area contributed by atoms with Crippen molar-refractivity contribution in [1.82, 2.24) is 14.8 Å². The number of carbonyl (C=O) groups excluding carboxylic acids is 2. The first-order chi connectivity index (χ1) is 22.2. The van der Waals surface area contributed by atoms with Crippen LogP contribution in [0.2, 0.25) is 0 Å². The predicted molar refractivity (Wildman–Crippen MR) is 190 cm³/mol. The van der Waals surface area contributed by atoms with Crippen molar-refractivity contribution in [2.24, 2.45) is 11.8 Å². The highest BCUT2D eigenvalue weighted by Crippen LogP contribution is 2.42. The van der Waals surface area contributed by atoms with Gasteiger partial charge < -0.3 is 29.1 Å². The number of aromatic nitrogens is 1. The summed E-state index contributed by atoms with van der Waals surface area (Å²) in [6.45, 7) is 23.3. The minimum Gasteiger partial charge on any atom is -0.444 e. The molecule has 0 radical (unpaired) electrons. The number of rotatable bonds is 4. The van der Waals surface area contributed by atoms with Crippen LogP contribution < -0.4 is 9.80 Å². The Balaban J connectivity index is 1.23. The summed E-state index contributed by atoms with van der Waals surface area (Å²) in [5.41, 5.74) is 8.24. The molecule has 3 aromatic rings. The van der Waals surface area contributed by atoms with Crippen LogP contribution in [-0.4, -0.2) is 90.5 Å². The lowest BCUT2D eigenvalue weighted by atomic mass is 10.0. The molecule has 0 saturated carbocycles. The summed E-state index contributed by atoms with van der Waals surface area (Å²) >= 11 is 1.79. The van der Waals surface area contributed by atoms with Crippen molar-refractivity contribution in [3.8, 4) is 11.3 Å². The molecule has 3 aliphatic rings. The van der Waals surface area contributed by atoms with Gasteiger partial charge in [-0.25, -0.2) is 14.6 Å². The number of piperazine rings is 1. The largest absolute Gasteiger partial charge is 0.444 e. The Morgan fingerprint density at radius 2 is 1.49 bits per heavy atom. The standard InChI is InChI=1S/C37H47N5O4S/c1-9-10-25-18-28(39-13-15-40(16-14-39)34(43)45-36(3,4)5)11-12-29(25)30-19-32(33-31(38-30)17-24(2)47-33)41-20-26-22-42(23-27(26)21-41)35(44)46-37(6,7)8/h10-12,17-19,26-27H,1,13-16,20-23H2,2-8H3. The van der Waals surface area contributed by atoms with Crippen molar-refractivity contribution in [3.05, 3.63) is 53.1 Å². The van der Waals surface area contributed by atoms with Crippen LogP contribution in [0.1, 0.15) is 52.0 Å². The summed E-state index contributed by atoms with van der Waals surface area (Å²) in [5.74, 6) is 0.814. The maximum Gasteiger partial charge on any atom is 0.410 e. The van der Waals surface area contributed by atoms with Gasteiger partial charge in [-0.3, -0.25) is 0 Å². The molecule has 0 bridgehead atoms. The highest BCUT2D eigenvalue weighted by molar-refractivity contribution is 7.19. The van der Waals surface area contributed by atoms with Crippen LogP contribution >= 0.6 is 11.3 Å². The minimum atomic E-state index is -0.509. The van der Waals surface area contributed by atoms with Gasteiger partial charge in [0.25, 0.3) is 0 Å². The average molecular weight is 658 g/mol. The van der Waals surface area contributed by atoms with Gasteiger partial charge in [0.15, 0.2) is 0 Å². The van der Waals surface area contributed by atoms with E-state index >= 15 is 0 Å². The molecule has 47 heavy (non-hydrogen) atoms. The first-order valence-corrected chi connectivity index (χ1v) is 17.4. The number of aryl methyl sites for hydroxylation is 1. The number of likely N-dealkylation sites (tertiary alicyclic amines) is 1. The number of fused-ring (bicyclic) bond motifs is 2. The van der Waals surface area contributed by atoms with Crippen LogP contribution in [0.3, 0.4) is 0 Å². The third-order valence-electron chi connectivity index (χ3n) is 8.93. The van der Waals surface area contributed by atoms with E-state index < -0.39 is 11.2 Å². The summed E-state index contributed by atoms with van der Waals surface area (Å²) in [7, 11) is 0. The summed E-state index contributed by atoms with van der Waals surface area (Å²) in [6, 6.07) is 10.9. The number of hydrogen-bond acceptors (Lipinski definition) is 8. The Kier molecular flexibility index (Phi) is 8.79. The quantitative estimate of drug-likeness (QED) is 0.270. The molecule has 1 aromatic carbocycles. The van der Waals surface area contributed by atoms with E-state index in [-0.39, 0.29) is 12.2 Å². The summed E-state index contributed by atoms with van der Waals surface area (Å²) < 4.78 is 12.4. The second-order valence-electron chi connectivity index (χ2n) is 15.0. The molecule has 2 unspecified atom stereocenters. The Morgan fingerprint density at radius 1 is 0.872 bits per heavy atom. The minimum absolute atomic E-state index is 0.211. The molecule has 250 valence electrons. The molecule has 10 heteroatoms. The number of ether oxygens (including phenoxy) is 2. The zero-order valence-corrected chi connectivity index (χ0v) is 29.6. The molecule has 5 heterocycles. The van der Waals surface area contributed by atoms with Crippen LogP contribution in [-0.2, 0) is 9.47 Å². The summed E-state index contributed by atoms with van der Waals surface area (Å²) in [5, 5.41) is 0. The van der Waals surface area contributed by atoms with Crippen molar-refractivity contribution >= 4 is 51.2 Å². The van der Waals surface area contributed by atoms with Crippen molar-refractivity contribution in [1.29, 1.82) is 0 Å². The molecular formula is C37H47N5O4S. The molecule has 2 atom stereocenters. The first-order valence-electron chi connectivity index (χ1n) is 16.5. The molecule has 3 fully saturated rings. The monoisotopic (exact) mass is 657 g/mol. The number of pyridine rings is 1. The maximum atomic E-state index is 12.8. The lowest BCUT2D eigenvalue weighted by Crippen LogP contribution is -2.50. The Labute approximate surface area is 282 Å². The van der Waals surface area contributed by atoms with Gasteiger partial charge in [-0.15, -0.1) is 17.1 Å². The normalized spacial score (nSPS) is 20.0. The predicted octanol–water partition coefficient (Wildman–Crippen LogP) is 7.43. The molecule has 9 nitrogen and oxygen atoms in total. The van der Waals surface area contributed by atoms with Crippen LogP contribution in [0, 0.1) is 18.8 Å². The second kappa shape index (κ2) is 12.5. The fourth-order valence-corrected chi connectivity index (χ4v) is 7.84. The Hall–Kier alpha value is -4.01. The molecule has 0 aliphatic carbocycles. The number of amides is 2. The van der Waals surface area contributed by atoms with Gasteiger partial charge in [-0.1, -0.05) is 12.6 Å². The third kappa shape index (κ3) is 7.29. The molecule has 3 aliphatic heterocycles. The van der Waals surface area contributed by atoms with E-state index in [1.807, 2.05) is 52.5 Å². The molecule has 0 spiro atoms. The van der Waals surface area contributed by atoms with E-state index in [4.69, 9.17) is 14.5 Å². The zero-order chi connectivity index (χ0) is 33.7. The number of nitrogens with zero attached hydrogens (tertiary/aromatic N) is 5. The molecule has 3 saturated heterocycles. The van der Waals surface area contributed by atoms with E-state index in [2.05, 4.69) is 59.4 Å². The van der Waals surface area contributed by atoms with Crippen LogP contribution in [0.15, 0.2) is 42.6 Å². The highest BCUT2D eigenvalue weighted by Gasteiger charge is 2.43. The molecule has 6 rings (SSSR count). The van der Waals surface area contributed by atoms with Crippen LogP contribution in [0.5, 0.6) is 0 Å². The van der Waals surface area contributed by atoms with E-state index in [1.54, 1.807) is 16.2 Å². The number of thiophene rings is 1. The van der Waals surface area contributed by atoms with Gasteiger partial charge in [0, 0.05) is 80.3 Å². The lowest BCUT2D eigenvalue weighted by Gasteiger charge is -2.37. The maximum absolute atomic E-state index is 12.8. The van der Waals surface area contributed by atoms with Crippen LogP contribution in [0.25, 0.3) is 27.6 Å². The number of benzene rings is 1. The number of anilines is 2. The van der Waals surface area contributed by atoms with Gasteiger partial charge in [0.1, 0.15) is 11.2 Å². The van der Waals surface area contributed by atoms with E-state index in [0.717, 1.165) is 67.3 Å². The first kappa shape index (κ1) is 32.9. The second-order valence-corrected chi connectivity index (χ2v) is 16.2. The van der Waals surface area contributed by atoms with Crippen molar-refractivity contribution in [2.45, 2.75) is 59.7 Å². The van der Waals surface area contributed by atoms with E-state index in [9.17, 15) is 9.59 Å². The highest BCUT2D eigenvalue weighted by atomic mass is 32.1. The summed E-state index contributed by atoms with van der Waals surface area (Å²) in [6.07, 6.45) is 1.45. The fourth-order valence-electron chi connectivity index (χ4n) is 6.85. The topological polar surface area (TPSA) is 78.5 Å². The molecular weight excluding hydrogens is 611 g/mol. The van der Waals surface area contributed by atoms with Gasteiger partial charge in [-0.05, 0) is 84.4 Å². The van der Waals surface area contributed by atoms with Gasteiger partial charge in [0.2, 0.25) is 0 Å². The van der Waals surface area contributed by atoms with Crippen LogP contribution in [0.4, 0.5) is 21.0 Å². The SMILES string of the molecule is C=C=Cc1cc(N2CCN(C(=O)OC(C)(C)C)CC2)ccc1-c1cc(N2CC3CN(C(=O)OC(C)(C)C)CC3C2)c2sc(C)cc2n1. The molecule has 2 amide bonds. The van der Waals surface area contributed by atoms with Gasteiger partial charge in [-0.2, -0.15) is 0 Å². The van der Waals surface area contributed by atoms with Gasteiger partial charge in [0.05, 0.1) is 21.6 Å². The lowest BCUT2D eigenvalue weighted by molar-refractivity contribution is 0.0238. The van der Waals surface area contributed by atoms with E-state index in [0.29, 0.717) is 24.9 Å². The number of hydrogen-bond donors (Lipinski definition) is 0. The van der Waals surface area contributed by atoms with Gasteiger partial charge >= 0.3 is 12.2 Å². The number of carbonyl (C=O) groups is 2.